The molecule has 0 N–H and O–H groups in total. The Hall–Kier alpha value is -0.0800. The molecule has 0 spiro atoms. The minimum absolute atomic E-state index is 0.0129. The molecule has 0 aliphatic heterocycles. The first-order chi connectivity index (χ1) is 8.60. The minimum atomic E-state index is 0.0129. The van der Waals surface area contributed by atoms with E-state index in [-0.39, 0.29) is 6.29 Å². The van der Waals surface area contributed by atoms with Crippen molar-refractivity contribution in [1.29, 1.82) is 0 Å². The Labute approximate surface area is 114 Å². The normalized spacial score (nSPS) is 13.5. The largest absolute Gasteiger partial charge is 0.353 e. The van der Waals surface area contributed by atoms with Gasteiger partial charge in [-0.15, -0.1) is 0 Å². The summed E-state index contributed by atoms with van der Waals surface area (Å²) in [7, 11) is 0. The van der Waals surface area contributed by atoms with Gasteiger partial charge in [-0.1, -0.05) is 53.9 Å². The van der Waals surface area contributed by atoms with Gasteiger partial charge in [-0.2, -0.15) is 0 Å². The Balaban J connectivity index is 3.81. The molecule has 0 fully saturated rings. The zero-order valence-electron chi connectivity index (χ0n) is 13.2. The second-order valence-corrected chi connectivity index (χ2v) is 5.84. The van der Waals surface area contributed by atoms with E-state index >= 15 is 0 Å². The Kier molecular flexibility index (Phi) is 11.9. The Bertz CT molecular complexity index is 160. The smallest absolute Gasteiger partial charge is 0.157 e. The van der Waals surface area contributed by atoms with E-state index in [1.54, 1.807) is 0 Å². The van der Waals surface area contributed by atoms with Gasteiger partial charge in [0.25, 0.3) is 0 Å². The summed E-state index contributed by atoms with van der Waals surface area (Å²) in [5.74, 6) is 1.52. The average molecular weight is 258 g/mol. The summed E-state index contributed by atoms with van der Waals surface area (Å²) < 4.78 is 11.5. The molecule has 0 amide bonds. The molecule has 1 atom stereocenters. The van der Waals surface area contributed by atoms with Gasteiger partial charge in [-0.25, -0.2) is 0 Å². The molecular weight excluding hydrogens is 224 g/mol. The Morgan fingerprint density at radius 3 is 1.83 bits per heavy atom. The average Bonchev–Trinajstić information content (AvgIpc) is 2.32. The topological polar surface area (TPSA) is 18.5 Å². The van der Waals surface area contributed by atoms with Crippen molar-refractivity contribution in [3.8, 4) is 0 Å². The van der Waals surface area contributed by atoms with Gasteiger partial charge < -0.3 is 9.47 Å². The van der Waals surface area contributed by atoms with Crippen LogP contribution in [0.25, 0.3) is 0 Å². The van der Waals surface area contributed by atoms with Crippen molar-refractivity contribution in [2.45, 2.75) is 79.4 Å². The molecule has 0 rings (SSSR count). The van der Waals surface area contributed by atoms with Crippen molar-refractivity contribution in [3.05, 3.63) is 0 Å². The zero-order valence-corrected chi connectivity index (χ0v) is 13.2. The molecule has 0 saturated carbocycles. The number of hydrogen-bond acceptors (Lipinski definition) is 2. The molecule has 0 aliphatic carbocycles. The fourth-order valence-corrected chi connectivity index (χ4v) is 2.00. The zero-order chi connectivity index (χ0) is 13.8. The highest BCUT2D eigenvalue weighted by molar-refractivity contribution is 4.58. The van der Waals surface area contributed by atoms with E-state index < -0.39 is 0 Å². The lowest BCUT2D eigenvalue weighted by Gasteiger charge is -2.22. The maximum Gasteiger partial charge on any atom is 0.157 e. The van der Waals surface area contributed by atoms with Crippen LogP contribution in [0.4, 0.5) is 0 Å². The first-order valence-corrected chi connectivity index (χ1v) is 7.83. The molecule has 2 heteroatoms. The molecule has 2 nitrogen and oxygen atoms in total. The van der Waals surface area contributed by atoms with Crippen LogP contribution in [0.3, 0.4) is 0 Å². The summed E-state index contributed by atoms with van der Waals surface area (Å²) in [5.41, 5.74) is 0. The SMILES string of the molecule is CCCOC(CC(C)CCCC(C)C)OCCC. The van der Waals surface area contributed by atoms with Gasteiger partial charge in [0.1, 0.15) is 0 Å². The summed E-state index contributed by atoms with van der Waals surface area (Å²) in [4.78, 5) is 0. The lowest BCUT2D eigenvalue weighted by Crippen LogP contribution is -2.21. The van der Waals surface area contributed by atoms with Crippen molar-refractivity contribution >= 4 is 0 Å². The van der Waals surface area contributed by atoms with Crippen molar-refractivity contribution in [3.63, 3.8) is 0 Å². The molecule has 110 valence electrons. The Morgan fingerprint density at radius 1 is 0.833 bits per heavy atom. The van der Waals surface area contributed by atoms with E-state index in [0.717, 1.165) is 38.4 Å². The summed E-state index contributed by atoms with van der Waals surface area (Å²) in [6.07, 6.45) is 7.13. The second kappa shape index (κ2) is 12.0. The summed E-state index contributed by atoms with van der Waals surface area (Å²) in [6, 6.07) is 0. The lowest BCUT2D eigenvalue weighted by molar-refractivity contribution is -0.151. The second-order valence-electron chi connectivity index (χ2n) is 5.84. The number of hydrogen-bond donors (Lipinski definition) is 0. The van der Waals surface area contributed by atoms with Crippen LogP contribution in [-0.2, 0) is 9.47 Å². The van der Waals surface area contributed by atoms with Gasteiger partial charge in [0.05, 0.1) is 0 Å². The molecule has 0 heterocycles. The molecule has 1 unspecified atom stereocenters. The fraction of sp³-hybridized carbons (Fsp3) is 1.00. The molecule has 0 saturated heterocycles. The van der Waals surface area contributed by atoms with Crippen molar-refractivity contribution in [2.75, 3.05) is 13.2 Å². The minimum Gasteiger partial charge on any atom is -0.353 e. The van der Waals surface area contributed by atoms with Gasteiger partial charge in [-0.3, -0.25) is 0 Å². The molecule has 0 radical (unpaired) electrons. The third kappa shape index (κ3) is 11.0. The number of rotatable bonds is 12. The van der Waals surface area contributed by atoms with E-state index in [1.807, 2.05) is 0 Å². The van der Waals surface area contributed by atoms with Gasteiger partial charge in [0, 0.05) is 19.6 Å². The quantitative estimate of drug-likeness (QED) is 0.458. The van der Waals surface area contributed by atoms with E-state index in [9.17, 15) is 0 Å². The standard InChI is InChI=1S/C16H34O2/c1-6-11-17-16(18-12-7-2)13-15(5)10-8-9-14(3)4/h14-16H,6-13H2,1-5H3. The maximum atomic E-state index is 5.77. The van der Waals surface area contributed by atoms with E-state index in [1.165, 1.54) is 19.3 Å². The molecule has 0 aromatic rings. The molecule has 0 bridgehead atoms. The summed E-state index contributed by atoms with van der Waals surface area (Å²) in [5, 5.41) is 0. The third-order valence-corrected chi connectivity index (χ3v) is 3.09. The first-order valence-electron chi connectivity index (χ1n) is 7.83. The van der Waals surface area contributed by atoms with Gasteiger partial charge in [-0.05, 0) is 24.7 Å². The van der Waals surface area contributed by atoms with Crippen LogP contribution in [0, 0.1) is 11.8 Å². The molecular formula is C16H34O2. The molecule has 18 heavy (non-hydrogen) atoms. The van der Waals surface area contributed by atoms with Gasteiger partial charge in [0.2, 0.25) is 0 Å². The highest BCUT2D eigenvalue weighted by atomic mass is 16.7. The Morgan fingerprint density at radius 2 is 1.39 bits per heavy atom. The highest BCUT2D eigenvalue weighted by Gasteiger charge is 2.14. The van der Waals surface area contributed by atoms with Gasteiger partial charge >= 0.3 is 0 Å². The fourth-order valence-electron chi connectivity index (χ4n) is 2.00. The predicted octanol–water partition coefficient (Wildman–Crippen LogP) is 5.02. The van der Waals surface area contributed by atoms with Gasteiger partial charge in [0.15, 0.2) is 6.29 Å². The van der Waals surface area contributed by atoms with Crippen molar-refractivity contribution < 1.29 is 9.47 Å². The third-order valence-electron chi connectivity index (χ3n) is 3.09. The predicted molar refractivity (Wildman–Crippen MR) is 78.7 cm³/mol. The van der Waals surface area contributed by atoms with Crippen LogP contribution in [0.1, 0.15) is 73.1 Å². The van der Waals surface area contributed by atoms with E-state index in [2.05, 4.69) is 34.6 Å². The molecule has 0 aromatic carbocycles. The van der Waals surface area contributed by atoms with Crippen molar-refractivity contribution in [2.24, 2.45) is 11.8 Å². The maximum absolute atomic E-state index is 5.77. The highest BCUT2D eigenvalue weighted by Crippen LogP contribution is 2.19. The summed E-state index contributed by atoms with van der Waals surface area (Å²) >= 11 is 0. The van der Waals surface area contributed by atoms with Crippen LogP contribution in [0.15, 0.2) is 0 Å². The molecule has 0 aliphatic rings. The van der Waals surface area contributed by atoms with Crippen LogP contribution in [0.2, 0.25) is 0 Å². The monoisotopic (exact) mass is 258 g/mol. The van der Waals surface area contributed by atoms with Crippen LogP contribution in [0.5, 0.6) is 0 Å². The summed E-state index contributed by atoms with van der Waals surface area (Å²) in [6.45, 7) is 12.8. The van der Waals surface area contributed by atoms with Crippen LogP contribution < -0.4 is 0 Å². The first kappa shape index (κ1) is 17.9. The number of ether oxygens (including phenoxy) is 2. The van der Waals surface area contributed by atoms with E-state index in [0.29, 0.717) is 5.92 Å². The molecule has 0 aromatic heterocycles. The lowest BCUT2D eigenvalue weighted by atomic mass is 9.97. The van der Waals surface area contributed by atoms with Crippen LogP contribution >= 0.6 is 0 Å². The van der Waals surface area contributed by atoms with E-state index in [4.69, 9.17) is 9.47 Å². The van der Waals surface area contributed by atoms with Crippen molar-refractivity contribution in [1.82, 2.24) is 0 Å². The van der Waals surface area contributed by atoms with Crippen LogP contribution in [-0.4, -0.2) is 19.5 Å².